The van der Waals surface area contributed by atoms with Crippen molar-refractivity contribution in [2.45, 2.75) is 31.2 Å². The standard InChI is InChI=1S/C13H15N3S/c1-8(2)16-13-12-9-5-6-17-11(9)4-3-10(12)14-7-15-13/h3-4,7-8H,5-6H2,1-2H3,(H,14,15,16). The average molecular weight is 245 g/mol. The molecule has 0 amide bonds. The summed E-state index contributed by atoms with van der Waals surface area (Å²) in [7, 11) is 0. The number of hydrogen-bond donors (Lipinski definition) is 1. The molecule has 1 N–H and O–H groups in total. The maximum Gasteiger partial charge on any atom is 0.137 e. The molecule has 0 radical (unpaired) electrons. The first-order valence-corrected chi connectivity index (χ1v) is 6.90. The number of nitrogens with one attached hydrogen (secondary N) is 1. The summed E-state index contributed by atoms with van der Waals surface area (Å²) in [5.41, 5.74) is 2.46. The largest absolute Gasteiger partial charge is 0.367 e. The summed E-state index contributed by atoms with van der Waals surface area (Å²) in [6.45, 7) is 4.26. The van der Waals surface area contributed by atoms with Crippen molar-refractivity contribution in [2.75, 3.05) is 11.1 Å². The molecule has 1 aromatic heterocycles. The van der Waals surface area contributed by atoms with Crippen molar-refractivity contribution >= 4 is 28.5 Å². The van der Waals surface area contributed by atoms with Crippen LogP contribution in [0.1, 0.15) is 19.4 Å². The van der Waals surface area contributed by atoms with Gasteiger partial charge in [0.25, 0.3) is 0 Å². The maximum atomic E-state index is 4.39. The van der Waals surface area contributed by atoms with E-state index >= 15 is 0 Å². The van der Waals surface area contributed by atoms with Gasteiger partial charge in [0, 0.05) is 22.1 Å². The van der Waals surface area contributed by atoms with Crippen molar-refractivity contribution < 1.29 is 0 Å². The molecular weight excluding hydrogens is 230 g/mol. The van der Waals surface area contributed by atoms with E-state index in [9.17, 15) is 0 Å². The van der Waals surface area contributed by atoms with E-state index in [2.05, 4.69) is 41.3 Å². The third-order valence-corrected chi connectivity index (χ3v) is 4.01. The first-order chi connectivity index (χ1) is 8.25. The predicted molar refractivity (Wildman–Crippen MR) is 72.7 cm³/mol. The Morgan fingerprint density at radius 3 is 3.00 bits per heavy atom. The van der Waals surface area contributed by atoms with E-state index in [1.807, 2.05) is 11.8 Å². The predicted octanol–water partition coefficient (Wildman–Crippen LogP) is 3.10. The second kappa shape index (κ2) is 4.18. The first kappa shape index (κ1) is 10.8. The van der Waals surface area contributed by atoms with E-state index in [4.69, 9.17) is 0 Å². The van der Waals surface area contributed by atoms with Crippen LogP contribution in [-0.4, -0.2) is 21.8 Å². The number of thioether (sulfide) groups is 1. The zero-order valence-electron chi connectivity index (χ0n) is 10.0. The molecule has 0 unspecified atom stereocenters. The fourth-order valence-corrected chi connectivity index (χ4v) is 3.30. The molecule has 1 aliphatic rings. The number of hydrogen-bond acceptors (Lipinski definition) is 4. The van der Waals surface area contributed by atoms with Crippen molar-refractivity contribution in [1.29, 1.82) is 0 Å². The Balaban J connectivity index is 2.25. The Morgan fingerprint density at radius 2 is 2.18 bits per heavy atom. The van der Waals surface area contributed by atoms with Gasteiger partial charge in [0.1, 0.15) is 12.1 Å². The molecular formula is C13H15N3S. The van der Waals surface area contributed by atoms with Gasteiger partial charge in [0.15, 0.2) is 0 Å². The number of aryl methyl sites for hydroxylation is 1. The second-order valence-electron chi connectivity index (χ2n) is 4.56. The van der Waals surface area contributed by atoms with Crippen LogP contribution in [0.3, 0.4) is 0 Å². The first-order valence-electron chi connectivity index (χ1n) is 5.91. The summed E-state index contributed by atoms with van der Waals surface area (Å²) in [6, 6.07) is 4.67. The molecule has 3 nitrogen and oxygen atoms in total. The summed E-state index contributed by atoms with van der Waals surface area (Å²) in [6.07, 6.45) is 2.76. The van der Waals surface area contributed by atoms with Gasteiger partial charge in [0.05, 0.1) is 5.52 Å². The maximum absolute atomic E-state index is 4.39. The van der Waals surface area contributed by atoms with Crippen LogP contribution in [-0.2, 0) is 6.42 Å². The van der Waals surface area contributed by atoms with Crippen LogP contribution in [0, 0.1) is 0 Å². The topological polar surface area (TPSA) is 37.8 Å². The Labute approximate surface area is 105 Å². The van der Waals surface area contributed by atoms with Crippen LogP contribution in [0.25, 0.3) is 10.9 Å². The quantitative estimate of drug-likeness (QED) is 0.882. The van der Waals surface area contributed by atoms with E-state index in [1.165, 1.54) is 21.6 Å². The van der Waals surface area contributed by atoms with Gasteiger partial charge in [-0.2, -0.15) is 0 Å². The molecule has 0 saturated carbocycles. The number of anilines is 1. The van der Waals surface area contributed by atoms with Crippen LogP contribution in [0.5, 0.6) is 0 Å². The fraction of sp³-hybridized carbons (Fsp3) is 0.385. The highest BCUT2D eigenvalue weighted by molar-refractivity contribution is 7.99. The van der Waals surface area contributed by atoms with Gasteiger partial charge in [-0.05, 0) is 38.0 Å². The van der Waals surface area contributed by atoms with E-state index in [-0.39, 0.29) is 0 Å². The number of benzene rings is 1. The average Bonchev–Trinajstić information content (AvgIpc) is 2.76. The molecule has 0 aliphatic carbocycles. The molecule has 3 rings (SSSR count). The number of aromatic nitrogens is 2. The molecule has 17 heavy (non-hydrogen) atoms. The Morgan fingerprint density at radius 1 is 1.29 bits per heavy atom. The van der Waals surface area contributed by atoms with Gasteiger partial charge in [0.2, 0.25) is 0 Å². The van der Waals surface area contributed by atoms with E-state index in [1.54, 1.807) is 6.33 Å². The second-order valence-corrected chi connectivity index (χ2v) is 5.69. The molecule has 0 bridgehead atoms. The minimum atomic E-state index is 0.387. The monoisotopic (exact) mass is 245 g/mol. The Bertz CT molecular complexity index is 566. The molecule has 2 heterocycles. The lowest BCUT2D eigenvalue weighted by molar-refractivity contribution is 0.889. The Kier molecular flexibility index (Phi) is 2.67. The number of fused-ring (bicyclic) bond motifs is 3. The summed E-state index contributed by atoms with van der Waals surface area (Å²) < 4.78 is 0. The van der Waals surface area contributed by atoms with Crippen LogP contribution >= 0.6 is 11.8 Å². The van der Waals surface area contributed by atoms with Crippen molar-refractivity contribution in [3.8, 4) is 0 Å². The smallest absolute Gasteiger partial charge is 0.137 e. The summed E-state index contributed by atoms with van der Waals surface area (Å²) in [5, 5.41) is 4.63. The summed E-state index contributed by atoms with van der Waals surface area (Å²) >= 11 is 1.93. The van der Waals surface area contributed by atoms with Gasteiger partial charge in [-0.25, -0.2) is 9.97 Å². The molecule has 0 spiro atoms. The minimum absolute atomic E-state index is 0.387. The van der Waals surface area contributed by atoms with Crippen LogP contribution in [0.4, 0.5) is 5.82 Å². The van der Waals surface area contributed by atoms with Gasteiger partial charge < -0.3 is 5.32 Å². The molecule has 0 atom stereocenters. The van der Waals surface area contributed by atoms with Crippen molar-refractivity contribution in [2.24, 2.45) is 0 Å². The third-order valence-electron chi connectivity index (χ3n) is 2.90. The Hall–Kier alpha value is -1.29. The fourth-order valence-electron chi connectivity index (χ4n) is 2.23. The van der Waals surface area contributed by atoms with Crippen molar-refractivity contribution in [1.82, 2.24) is 9.97 Å². The SMILES string of the molecule is CC(C)Nc1ncnc2ccc3c(c12)CCS3. The lowest BCUT2D eigenvalue weighted by atomic mass is 10.1. The normalized spacial score (nSPS) is 14.3. The summed E-state index contributed by atoms with van der Waals surface area (Å²) in [4.78, 5) is 10.1. The van der Waals surface area contributed by atoms with E-state index in [0.717, 1.165) is 17.8 Å². The molecule has 0 saturated heterocycles. The lowest BCUT2D eigenvalue weighted by Gasteiger charge is -2.13. The van der Waals surface area contributed by atoms with E-state index in [0.29, 0.717) is 6.04 Å². The van der Waals surface area contributed by atoms with E-state index < -0.39 is 0 Å². The van der Waals surface area contributed by atoms with Crippen LogP contribution in [0.15, 0.2) is 23.4 Å². The highest BCUT2D eigenvalue weighted by Crippen LogP contribution is 2.37. The number of nitrogens with zero attached hydrogens (tertiary/aromatic N) is 2. The third kappa shape index (κ3) is 1.86. The molecule has 2 aromatic rings. The summed E-state index contributed by atoms with van der Waals surface area (Å²) in [5.74, 6) is 2.15. The minimum Gasteiger partial charge on any atom is -0.367 e. The van der Waals surface area contributed by atoms with Gasteiger partial charge in [-0.15, -0.1) is 11.8 Å². The van der Waals surface area contributed by atoms with Gasteiger partial charge >= 0.3 is 0 Å². The highest BCUT2D eigenvalue weighted by Gasteiger charge is 2.18. The molecule has 1 aliphatic heterocycles. The van der Waals surface area contributed by atoms with Crippen LogP contribution < -0.4 is 5.32 Å². The van der Waals surface area contributed by atoms with Crippen LogP contribution in [0.2, 0.25) is 0 Å². The van der Waals surface area contributed by atoms with Crippen molar-refractivity contribution in [3.05, 3.63) is 24.0 Å². The molecule has 4 heteroatoms. The van der Waals surface area contributed by atoms with Crippen molar-refractivity contribution in [3.63, 3.8) is 0 Å². The number of rotatable bonds is 2. The lowest BCUT2D eigenvalue weighted by Crippen LogP contribution is -2.12. The zero-order chi connectivity index (χ0) is 11.8. The van der Waals surface area contributed by atoms with Gasteiger partial charge in [-0.1, -0.05) is 0 Å². The molecule has 88 valence electrons. The van der Waals surface area contributed by atoms with Gasteiger partial charge in [-0.3, -0.25) is 0 Å². The molecule has 0 fully saturated rings. The highest BCUT2D eigenvalue weighted by atomic mass is 32.2. The zero-order valence-corrected chi connectivity index (χ0v) is 10.8. The molecule has 1 aromatic carbocycles.